The van der Waals surface area contributed by atoms with E-state index in [0.717, 1.165) is 23.7 Å². The average Bonchev–Trinajstić information content (AvgIpc) is 2.74. The minimum atomic E-state index is 0.555. The topological polar surface area (TPSA) is 0 Å². The Morgan fingerprint density at radius 3 is 2.70 bits per heavy atom. The van der Waals surface area contributed by atoms with Crippen molar-refractivity contribution >= 4 is 22.6 Å². The first kappa shape index (κ1) is 14.1. The van der Waals surface area contributed by atoms with Gasteiger partial charge in [0.1, 0.15) is 0 Å². The third kappa shape index (κ3) is 1.77. The summed E-state index contributed by atoms with van der Waals surface area (Å²) in [6, 6.07) is 0. The van der Waals surface area contributed by atoms with Gasteiger partial charge >= 0.3 is 0 Å². The van der Waals surface area contributed by atoms with Crippen LogP contribution in [0.4, 0.5) is 0 Å². The van der Waals surface area contributed by atoms with Crippen LogP contribution in [-0.4, -0.2) is 0 Å². The Kier molecular flexibility index (Phi) is 3.33. The van der Waals surface area contributed by atoms with Crippen LogP contribution in [-0.2, 0) is 0 Å². The third-order valence-corrected chi connectivity index (χ3v) is 9.74. The van der Waals surface area contributed by atoms with Gasteiger partial charge in [-0.05, 0) is 100 Å². The highest BCUT2D eigenvalue weighted by Gasteiger charge is 2.57. The van der Waals surface area contributed by atoms with Gasteiger partial charge in [0, 0.05) is 5.41 Å². The SMILES string of the molecule is C[C@]12CCCCC1CC[C@@H]1[C@H]2CC[C@]2(C)C(I)=CC[C@@H]12. The van der Waals surface area contributed by atoms with Crippen LogP contribution in [0.3, 0.4) is 0 Å². The van der Waals surface area contributed by atoms with Gasteiger partial charge in [0.05, 0.1) is 0 Å². The maximum atomic E-state index is 2.68. The van der Waals surface area contributed by atoms with E-state index in [4.69, 9.17) is 0 Å². The van der Waals surface area contributed by atoms with E-state index in [2.05, 4.69) is 42.5 Å². The molecule has 0 heterocycles. The van der Waals surface area contributed by atoms with Crippen LogP contribution in [0.25, 0.3) is 0 Å². The minimum absolute atomic E-state index is 0.555. The lowest BCUT2D eigenvalue weighted by molar-refractivity contribution is -0.0972. The zero-order valence-corrected chi connectivity index (χ0v) is 15.3. The summed E-state index contributed by atoms with van der Waals surface area (Å²) in [4.78, 5) is 0. The van der Waals surface area contributed by atoms with Crippen LogP contribution in [0.15, 0.2) is 9.66 Å². The molecule has 6 atom stereocenters. The molecule has 0 radical (unpaired) electrons. The first-order valence-corrected chi connectivity index (χ1v) is 10.00. The van der Waals surface area contributed by atoms with Crippen molar-refractivity contribution in [2.75, 3.05) is 0 Å². The van der Waals surface area contributed by atoms with Crippen molar-refractivity contribution in [3.8, 4) is 0 Å². The van der Waals surface area contributed by atoms with E-state index >= 15 is 0 Å². The lowest BCUT2D eigenvalue weighted by Gasteiger charge is -2.60. The molecular formula is C19H29I. The Balaban J connectivity index is 1.65. The van der Waals surface area contributed by atoms with Gasteiger partial charge in [0.15, 0.2) is 0 Å². The molecule has 3 fully saturated rings. The smallest absolute Gasteiger partial charge is 0.00135 e. The van der Waals surface area contributed by atoms with Crippen molar-refractivity contribution in [3.63, 3.8) is 0 Å². The monoisotopic (exact) mass is 384 g/mol. The maximum Gasteiger partial charge on any atom is 0.00135 e. The van der Waals surface area contributed by atoms with E-state index in [0.29, 0.717) is 10.8 Å². The highest BCUT2D eigenvalue weighted by Crippen LogP contribution is 2.66. The molecule has 0 aliphatic heterocycles. The molecule has 4 aliphatic rings. The molecule has 0 spiro atoms. The largest absolute Gasteiger partial charge is 0.0743 e. The molecule has 1 heteroatoms. The fourth-order valence-electron chi connectivity index (χ4n) is 6.81. The molecule has 0 aromatic carbocycles. The normalized spacial score (nSPS) is 54.6. The number of hydrogen-bond donors (Lipinski definition) is 0. The highest BCUT2D eigenvalue weighted by atomic mass is 127. The number of allylic oxidation sites excluding steroid dienone is 2. The van der Waals surface area contributed by atoms with Gasteiger partial charge in [-0.2, -0.15) is 0 Å². The van der Waals surface area contributed by atoms with Crippen LogP contribution in [0.2, 0.25) is 0 Å². The summed E-state index contributed by atoms with van der Waals surface area (Å²) in [5.74, 6) is 4.13. The summed E-state index contributed by atoms with van der Waals surface area (Å²) in [6.45, 7) is 5.26. The first-order chi connectivity index (χ1) is 9.56. The van der Waals surface area contributed by atoms with Crippen molar-refractivity contribution in [3.05, 3.63) is 9.66 Å². The molecule has 3 saturated carbocycles. The molecule has 0 aromatic heterocycles. The van der Waals surface area contributed by atoms with Gasteiger partial charge in [-0.25, -0.2) is 0 Å². The van der Waals surface area contributed by atoms with E-state index in [1.807, 2.05) is 0 Å². The second kappa shape index (κ2) is 4.73. The summed E-state index contributed by atoms with van der Waals surface area (Å²) >= 11 is 2.65. The fourth-order valence-corrected chi connectivity index (χ4v) is 7.73. The molecule has 0 N–H and O–H groups in total. The lowest BCUT2D eigenvalue weighted by atomic mass is 9.45. The van der Waals surface area contributed by atoms with Crippen LogP contribution in [0.1, 0.15) is 71.6 Å². The summed E-state index contributed by atoms with van der Waals surface area (Å²) < 4.78 is 1.69. The standard InChI is InChI=1S/C19H29I/c1-18-11-4-3-5-13(18)6-7-14-15-8-9-17(20)19(15,2)12-10-16(14)18/h9,13-16H,3-8,10-12H2,1-2H3/t13?,14-,15-,16+,18-,19-/m0/s1. The lowest BCUT2D eigenvalue weighted by Crippen LogP contribution is -2.52. The van der Waals surface area contributed by atoms with Crippen molar-refractivity contribution < 1.29 is 0 Å². The molecule has 0 aromatic rings. The number of halogens is 1. The Morgan fingerprint density at radius 2 is 1.85 bits per heavy atom. The van der Waals surface area contributed by atoms with Gasteiger partial charge in [-0.1, -0.05) is 32.8 Å². The molecule has 1 unspecified atom stereocenters. The van der Waals surface area contributed by atoms with Crippen molar-refractivity contribution in [2.24, 2.45) is 34.5 Å². The second-order valence-corrected chi connectivity index (χ2v) is 9.81. The van der Waals surface area contributed by atoms with Gasteiger partial charge < -0.3 is 0 Å². The van der Waals surface area contributed by atoms with Crippen molar-refractivity contribution in [2.45, 2.75) is 71.6 Å². The van der Waals surface area contributed by atoms with Crippen molar-refractivity contribution in [1.82, 2.24) is 0 Å². The van der Waals surface area contributed by atoms with E-state index in [-0.39, 0.29) is 0 Å². The number of hydrogen-bond acceptors (Lipinski definition) is 0. The molecule has 0 saturated heterocycles. The molecule has 4 aliphatic carbocycles. The Bertz CT molecular complexity index is 439. The quantitative estimate of drug-likeness (QED) is 0.427. The predicted octanol–water partition coefficient (Wildman–Crippen LogP) is 6.35. The summed E-state index contributed by atoms with van der Waals surface area (Å²) in [5.41, 5.74) is 1.26. The molecule has 4 rings (SSSR count). The minimum Gasteiger partial charge on any atom is -0.0743 e. The third-order valence-electron chi connectivity index (χ3n) is 8.07. The van der Waals surface area contributed by atoms with Gasteiger partial charge in [0.2, 0.25) is 0 Å². The molecule has 20 heavy (non-hydrogen) atoms. The van der Waals surface area contributed by atoms with Crippen LogP contribution in [0.5, 0.6) is 0 Å². The number of rotatable bonds is 0. The molecular weight excluding hydrogens is 355 g/mol. The van der Waals surface area contributed by atoms with Crippen LogP contribution < -0.4 is 0 Å². The van der Waals surface area contributed by atoms with Gasteiger partial charge in [-0.3, -0.25) is 0 Å². The predicted molar refractivity (Wildman–Crippen MR) is 93.8 cm³/mol. The fraction of sp³-hybridized carbons (Fsp3) is 0.895. The van der Waals surface area contributed by atoms with E-state index in [1.165, 1.54) is 44.9 Å². The van der Waals surface area contributed by atoms with Gasteiger partial charge in [0.25, 0.3) is 0 Å². The van der Waals surface area contributed by atoms with E-state index < -0.39 is 0 Å². The zero-order chi connectivity index (χ0) is 14.0. The Labute approximate surface area is 138 Å². The number of fused-ring (bicyclic) bond motifs is 5. The Morgan fingerprint density at radius 1 is 1.00 bits per heavy atom. The second-order valence-electron chi connectivity index (χ2n) is 8.65. The highest BCUT2D eigenvalue weighted by molar-refractivity contribution is 14.1. The average molecular weight is 384 g/mol. The van der Waals surface area contributed by atoms with Crippen molar-refractivity contribution in [1.29, 1.82) is 0 Å². The zero-order valence-electron chi connectivity index (χ0n) is 13.1. The first-order valence-electron chi connectivity index (χ1n) is 8.92. The summed E-state index contributed by atoms with van der Waals surface area (Å²) in [6.07, 6.45) is 16.1. The van der Waals surface area contributed by atoms with Crippen LogP contribution in [0, 0.1) is 34.5 Å². The molecule has 112 valence electrons. The van der Waals surface area contributed by atoms with Gasteiger partial charge in [-0.15, -0.1) is 0 Å². The molecule has 0 amide bonds. The summed E-state index contributed by atoms with van der Waals surface area (Å²) in [7, 11) is 0. The summed E-state index contributed by atoms with van der Waals surface area (Å²) in [5, 5.41) is 0. The van der Waals surface area contributed by atoms with E-state index in [9.17, 15) is 0 Å². The molecule has 0 bridgehead atoms. The van der Waals surface area contributed by atoms with Crippen LogP contribution >= 0.6 is 22.6 Å². The maximum absolute atomic E-state index is 2.68. The Hall–Kier alpha value is 0.470. The van der Waals surface area contributed by atoms with E-state index in [1.54, 1.807) is 16.4 Å². The molecule has 0 nitrogen and oxygen atoms in total.